The van der Waals surface area contributed by atoms with Crippen molar-refractivity contribution < 1.29 is 31.4 Å². The normalized spacial score (nSPS) is 16.9. The maximum Gasteiger partial charge on any atom is 0.266 e. The van der Waals surface area contributed by atoms with Gasteiger partial charge < -0.3 is 15.2 Å². The third-order valence-corrected chi connectivity index (χ3v) is 7.94. The van der Waals surface area contributed by atoms with Crippen LogP contribution in [0.25, 0.3) is 11.0 Å². The van der Waals surface area contributed by atoms with Gasteiger partial charge in [-0.2, -0.15) is 4.98 Å². The topological polar surface area (TPSA) is 114 Å². The highest BCUT2D eigenvalue weighted by Gasteiger charge is 2.29. The van der Waals surface area contributed by atoms with Crippen LogP contribution >= 0.6 is 0 Å². The molecule has 1 atom stereocenters. The van der Waals surface area contributed by atoms with Crippen molar-refractivity contribution in [2.45, 2.75) is 45.1 Å². The number of nitrogens with one attached hydrogen (secondary N) is 1. The first-order chi connectivity index (χ1) is 17.1. The van der Waals surface area contributed by atoms with Crippen LogP contribution in [-0.4, -0.2) is 53.2 Å². The van der Waals surface area contributed by atoms with Crippen molar-refractivity contribution in [2.24, 2.45) is 0 Å². The van der Waals surface area contributed by atoms with Gasteiger partial charge in [0.2, 0.25) is 5.88 Å². The largest absolute Gasteiger partial charge is 0.475 e. The van der Waals surface area contributed by atoms with Crippen LogP contribution in [-0.2, 0) is 9.84 Å². The molecule has 1 fully saturated rings. The van der Waals surface area contributed by atoms with E-state index in [1.807, 2.05) is 0 Å². The summed E-state index contributed by atoms with van der Waals surface area (Å²) in [5.41, 5.74) is 0.344. The van der Waals surface area contributed by atoms with Crippen molar-refractivity contribution in [3.05, 3.63) is 52.6 Å². The average Bonchev–Trinajstić information content (AvgIpc) is 2.82. The summed E-state index contributed by atoms with van der Waals surface area (Å²) in [4.78, 5) is 13.4. The zero-order valence-electron chi connectivity index (χ0n) is 19.8. The molecular formula is C24H27F3N4O4S. The fourth-order valence-electron chi connectivity index (χ4n) is 4.38. The van der Waals surface area contributed by atoms with Gasteiger partial charge in [-0.25, -0.2) is 31.6 Å². The van der Waals surface area contributed by atoms with Gasteiger partial charge in [0, 0.05) is 11.1 Å². The van der Waals surface area contributed by atoms with E-state index in [4.69, 9.17) is 4.74 Å². The number of sulfone groups is 1. The van der Waals surface area contributed by atoms with Gasteiger partial charge in [0.05, 0.1) is 35.1 Å². The Morgan fingerprint density at radius 2 is 1.86 bits per heavy atom. The molecule has 0 bridgehead atoms. The van der Waals surface area contributed by atoms with Crippen molar-refractivity contribution in [2.75, 3.05) is 30.0 Å². The van der Waals surface area contributed by atoms with Crippen molar-refractivity contribution in [1.82, 2.24) is 15.0 Å². The highest BCUT2D eigenvalue weighted by molar-refractivity contribution is 7.91. The number of anilines is 1. The molecular weight excluding hydrogens is 497 g/mol. The number of hydrogen-bond acceptors (Lipinski definition) is 8. The fraction of sp³-hybridized carbons (Fsp3) is 0.458. The molecule has 1 saturated heterocycles. The molecule has 1 aliphatic heterocycles. The van der Waals surface area contributed by atoms with E-state index in [1.54, 1.807) is 19.9 Å². The van der Waals surface area contributed by atoms with E-state index in [2.05, 4.69) is 20.3 Å². The summed E-state index contributed by atoms with van der Waals surface area (Å²) in [6.45, 7) is 3.07. The Morgan fingerprint density at radius 3 is 2.53 bits per heavy atom. The van der Waals surface area contributed by atoms with Gasteiger partial charge in [-0.15, -0.1) is 0 Å². The van der Waals surface area contributed by atoms with Crippen molar-refractivity contribution in [3.8, 4) is 5.88 Å². The first-order valence-corrected chi connectivity index (χ1v) is 13.4. The second-order valence-corrected chi connectivity index (χ2v) is 11.1. The molecule has 2 aromatic heterocycles. The number of pyridine rings is 1. The Labute approximate surface area is 206 Å². The lowest BCUT2D eigenvalue weighted by atomic mass is 9.93. The van der Waals surface area contributed by atoms with E-state index in [1.165, 1.54) is 12.1 Å². The molecule has 12 heteroatoms. The van der Waals surface area contributed by atoms with Crippen LogP contribution in [0.5, 0.6) is 5.88 Å². The molecule has 4 rings (SSSR count). The molecule has 0 saturated carbocycles. The SMILES string of the molecule is Cc1nc(N[C@H](C)c2cccc(C(F)F)c2F)c2cc(C3CCS(=O)(=O)CC3)c(OCCO)nc2n1. The van der Waals surface area contributed by atoms with E-state index in [0.29, 0.717) is 41.1 Å². The van der Waals surface area contributed by atoms with Gasteiger partial charge >= 0.3 is 0 Å². The van der Waals surface area contributed by atoms with E-state index in [-0.39, 0.29) is 42.1 Å². The number of rotatable bonds is 8. The first-order valence-electron chi connectivity index (χ1n) is 11.6. The number of hydrogen-bond donors (Lipinski definition) is 2. The summed E-state index contributed by atoms with van der Waals surface area (Å²) in [6, 6.07) is 4.92. The predicted octanol–water partition coefficient (Wildman–Crippen LogP) is 4.25. The number of aryl methyl sites for hydroxylation is 1. The third kappa shape index (κ3) is 5.54. The molecule has 3 aromatic rings. The Hall–Kier alpha value is -2.99. The predicted molar refractivity (Wildman–Crippen MR) is 129 cm³/mol. The number of fused-ring (bicyclic) bond motifs is 1. The molecule has 3 heterocycles. The van der Waals surface area contributed by atoms with Crippen molar-refractivity contribution in [3.63, 3.8) is 0 Å². The summed E-state index contributed by atoms with van der Waals surface area (Å²) in [5.74, 6) is -0.0825. The van der Waals surface area contributed by atoms with Gasteiger partial charge in [-0.05, 0) is 38.7 Å². The number of aromatic nitrogens is 3. The highest BCUT2D eigenvalue weighted by atomic mass is 32.2. The summed E-state index contributed by atoms with van der Waals surface area (Å²) >= 11 is 0. The maximum absolute atomic E-state index is 14.8. The van der Waals surface area contributed by atoms with Gasteiger partial charge in [0.1, 0.15) is 33.9 Å². The first kappa shape index (κ1) is 26.1. The van der Waals surface area contributed by atoms with Gasteiger partial charge in [0.15, 0.2) is 5.65 Å². The summed E-state index contributed by atoms with van der Waals surface area (Å²) < 4.78 is 70.7. The Kier molecular flexibility index (Phi) is 7.65. The third-order valence-electron chi connectivity index (χ3n) is 6.23. The lowest BCUT2D eigenvalue weighted by Gasteiger charge is -2.24. The van der Waals surface area contributed by atoms with Gasteiger partial charge in [-0.1, -0.05) is 18.2 Å². The van der Waals surface area contributed by atoms with Crippen molar-refractivity contribution in [1.29, 1.82) is 0 Å². The Morgan fingerprint density at radius 1 is 1.17 bits per heavy atom. The zero-order valence-corrected chi connectivity index (χ0v) is 20.7. The molecule has 0 spiro atoms. The second-order valence-electron chi connectivity index (χ2n) is 8.79. The molecule has 0 unspecified atom stereocenters. The Balaban J connectivity index is 1.76. The number of nitrogens with zero attached hydrogens (tertiary/aromatic N) is 3. The van der Waals surface area contributed by atoms with Crippen LogP contribution in [0.1, 0.15) is 60.7 Å². The monoisotopic (exact) mass is 524 g/mol. The number of halogens is 3. The Bertz CT molecular complexity index is 1360. The van der Waals surface area contributed by atoms with Gasteiger partial charge in [-0.3, -0.25) is 0 Å². The molecule has 1 aliphatic rings. The number of ether oxygens (including phenoxy) is 1. The smallest absolute Gasteiger partial charge is 0.266 e. The number of aliphatic hydroxyl groups excluding tert-OH is 1. The lowest BCUT2D eigenvalue weighted by molar-refractivity contribution is 0.146. The molecule has 194 valence electrons. The van der Waals surface area contributed by atoms with Crippen LogP contribution in [0.3, 0.4) is 0 Å². The summed E-state index contributed by atoms with van der Waals surface area (Å²) in [7, 11) is -3.10. The molecule has 0 radical (unpaired) electrons. The van der Waals surface area contributed by atoms with Crippen LogP contribution in [0.2, 0.25) is 0 Å². The molecule has 2 N–H and O–H groups in total. The minimum absolute atomic E-state index is 0.00247. The van der Waals surface area contributed by atoms with Crippen molar-refractivity contribution >= 4 is 26.7 Å². The summed E-state index contributed by atoms with van der Waals surface area (Å²) in [6.07, 6.45) is -2.16. The average molecular weight is 525 g/mol. The van der Waals surface area contributed by atoms with Gasteiger partial charge in [0.25, 0.3) is 6.43 Å². The number of alkyl halides is 2. The van der Waals surface area contributed by atoms with Crippen LogP contribution in [0.4, 0.5) is 19.0 Å². The maximum atomic E-state index is 14.8. The molecule has 36 heavy (non-hydrogen) atoms. The second kappa shape index (κ2) is 10.6. The van der Waals surface area contributed by atoms with E-state index >= 15 is 0 Å². The van der Waals surface area contributed by atoms with E-state index in [0.717, 1.165) is 6.07 Å². The molecule has 0 aliphatic carbocycles. The van der Waals surface area contributed by atoms with Crippen LogP contribution in [0, 0.1) is 12.7 Å². The zero-order chi connectivity index (χ0) is 26.0. The van der Waals surface area contributed by atoms with Crippen LogP contribution < -0.4 is 10.1 Å². The van der Waals surface area contributed by atoms with Crippen LogP contribution in [0.15, 0.2) is 24.3 Å². The number of benzene rings is 1. The quantitative estimate of drug-likeness (QED) is 0.450. The standard InChI is InChI=1S/C24H27F3N4O4S/c1-13(16-4-3-5-17(20(16)25)21(26)27)28-22-19-12-18(15-6-10-36(33,34)11-7-15)24(35-9-8-32)31-23(19)30-14(2)29-22/h3-5,12-13,15,21,32H,6-11H2,1-2H3,(H,28,29,30,31)/t13-/m1/s1. The summed E-state index contributed by atoms with van der Waals surface area (Å²) in [5, 5.41) is 12.8. The number of aliphatic hydroxyl groups is 1. The minimum atomic E-state index is -3.10. The highest BCUT2D eigenvalue weighted by Crippen LogP contribution is 2.38. The lowest BCUT2D eigenvalue weighted by Crippen LogP contribution is -2.23. The molecule has 1 aromatic carbocycles. The van der Waals surface area contributed by atoms with E-state index < -0.39 is 33.7 Å². The molecule has 0 amide bonds. The fourth-order valence-corrected chi connectivity index (χ4v) is 5.87. The molecule has 8 nitrogen and oxygen atoms in total. The van der Waals surface area contributed by atoms with E-state index in [9.17, 15) is 26.7 Å². The minimum Gasteiger partial charge on any atom is -0.475 e.